The van der Waals surface area contributed by atoms with Crippen molar-refractivity contribution < 1.29 is 19.1 Å². The number of nitrogens with one attached hydrogen (secondary N) is 1. The van der Waals surface area contributed by atoms with Crippen molar-refractivity contribution in [3.63, 3.8) is 0 Å². The minimum absolute atomic E-state index is 0.0953. The highest BCUT2D eigenvalue weighted by Gasteiger charge is 2.18. The van der Waals surface area contributed by atoms with Crippen LogP contribution in [0.25, 0.3) is 0 Å². The summed E-state index contributed by atoms with van der Waals surface area (Å²) in [5, 5.41) is 10.8. The number of benzene rings is 1. The molecule has 23 heavy (non-hydrogen) atoms. The molecule has 0 aliphatic carbocycles. The molecule has 116 valence electrons. The Morgan fingerprint density at radius 1 is 1.35 bits per heavy atom. The summed E-state index contributed by atoms with van der Waals surface area (Å²) in [6, 6.07) is 6.91. The minimum atomic E-state index is -1.21. The number of rotatable bonds is 3. The van der Waals surface area contributed by atoms with Crippen LogP contribution < -0.4 is 5.32 Å². The molecule has 7 heteroatoms. The molecule has 5 nitrogen and oxygen atoms in total. The highest BCUT2D eigenvalue weighted by Crippen LogP contribution is 2.19. The first-order valence-corrected chi connectivity index (χ1v) is 6.77. The first kappa shape index (κ1) is 16.5. The zero-order valence-corrected chi connectivity index (χ0v) is 12.4. The molecule has 2 aromatic rings. The number of nitrogens with zero attached hydrogens (tertiary/aromatic N) is 1. The predicted octanol–water partition coefficient (Wildman–Crippen LogP) is 2.72. The van der Waals surface area contributed by atoms with Crippen LogP contribution in [-0.4, -0.2) is 28.5 Å². The molecule has 0 saturated carbocycles. The average Bonchev–Trinajstić information content (AvgIpc) is 2.52. The van der Waals surface area contributed by atoms with E-state index in [0.717, 1.165) is 6.07 Å². The molecule has 2 rings (SSSR count). The molecule has 0 saturated heterocycles. The highest BCUT2D eigenvalue weighted by atomic mass is 35.5. The van der Waals surface area contributed by atoms with E-state index < -0.39 is 17.7 Å². The lowest BCUT2D eigenvalue weighted by Gasteiger charge is -2.05. The lowest BCUT2D eigenvalue weighted by Crippen LogP contribution is -2.20. The molecule has 0 aliphatic rings. The normalized spacial score (nSPS) is 9.65. The highest BCUT2D eigenvalue weighted by molar-refractivity contribution is 6.31. The zero-order chi connectivity index (χ0) is 16.8. The maximum atomic E-state index is 13.7. The number of carbonyl (C=O) groups excluding carboxylic acids is 1. The first-order chi connectivity index (χ1) is 11.0. The van der Waals surface area contributed by atoms with E-state index in [1.807, 2.05) is 0 Å². The lowest BCUT2D eigenvalue weighted by atomic mass is 10.0. The zero-order valence-electron chi connectivity index (χ0n) is 11.6. The van der Waals surface area contributed by atoms with E-state index in [1.54, 1.807) is 0 Å². The van der Waals surface area contributed by atoms with Crippen molar-refractivity contribution in [2.75, 3.05) is 6.54 Å². The maximum Gasteiger partial charge on any atom is 0.405 e. The van der Waals surface area contributed by atoms with Gasteiger partial charge in [0.2, 0.25) is 5.78 Å². The van der Waals surface area contributed by atoms with E-state index in [9.17, 15) is 14.0 Å². The topological polar surface area (TPSA) is 79.3 Å². The van der Waals surface area contributed by atoms with E-state index in [-0.39, 0.29) is 17.8 Å². The molecule has 1 amide bonds. The lowest BCUT2D eigenvalue weighted by molar-refractivity contribution is 0.103. The molecule has 2 N–H and O–H groups in total. The molecule has 0 fully saturated rings. The summed E-state index contributed by atoms with van der Waals surface area (Å²) in [4.78, 5) is 26.5. The van der Waals surface area contributed by atoms with Crippen LogP contribution >= 0.6 is 11.6 Å². The molecule has 1 aromatic carbocycles. The molecular formula is C16H10ClFN2O3. The van der Waals surface area contributed by atoms with Crippen molar-refractivity contribution in [3.8, 4) is 11.8 Å². The maximum absolute atomic E-state index is 13.7. The van der Waals surface area contributed by atoms with Gasteiger partial charge < -0.3 is 10.4 Å². The second-order valence-electron chi connectivity index (χ2n) is 4.31. The van der Waals surface area contributed by atoms with E-state index in [0.29, 0.717) is 10.6 Å². The number of ketones is 1. The summed E-state index contributed by atoms with van der Waals surface area (Å²) in [5.74, 6) is 3.82. The fourth-order valence-electron chi connectivity index (χ4n) is 1.75. The van der Waals surface area contributed by atoms with Gasteiger partial charge in [0.1, 0.15) is 5.69 Å². The van der Waals surface area contributed by atoms with Gasteiger partial charge in [-0.15, -0.1) is 0 Å². The number of amides is 1. The average molecular weight is 333 g/mol. The van der Waals surface area contributed by atoms with Crippen molar-refractivity contribution in [1.82, 2.24) is 10.3 Å². The predicted molar refractivity (Wildman–Crippen MR) is 82.0 cm³/mol. The van der Waals surface area contributed by atoms with Crippen molar-refractivity contribution in [2.45, 2.75) is 0 Å². The van der Waals surface area contributed by atoms with Crippen LogP contribution in [0.3, 0.4) is 0 Å². The molecule has 0 aliphatic heterocycles. The quantitative estimate of drug-likeness (QED) is 0.669. The monoisotopic (exact) mass is 332 g/mol. The second kappa shape index (κ2) is 7.38. The van der Waals surface area contributed by atoms with Gasteiger partial charge in [0.25, 0.3) is 0 Å². The minimum Gasteiger partial charge on any atom is -0.465 e. The van der Waals surface area contributed by atoms with Crippen LogP contribution in [0.5, 0.6) is 0 Å². The van der Waals surface area contributed by atoms with E-state index in [1.165, 1.54) is 30.5 Å². The number of carbonyl (C=O) groups is 2. The molecule has 0 unspecified atom stereocenters. The van der Waals surface area contributed by atoms with Crippen LogP contribution in [-0.2, 0) is 0 Å². The van der Waals surface area contributed by atoms with Crippen LogP contribution in [0.1, 0.15) is 21.6 Å². The van der Waals surface area contributed by atoms with Crippen LogP contribution in [0.2, 0.25) is 5.02 Å². The SMILES string of the molecule is O=C(O)NCC#Cc1ccc(Cl)cc1C(=O)c1ncccc1F. The van der Waals surface area contributed by atoms with Gasteiger partial charge in [0, 0.05) is 22.3 Å². The number of aromatic nitrogens is 1. The van der Waals surface area contributed by atoms with E-state index in [4.69, 9.17) is 16.7 Å². The number of halogens is 2. The number of hydrogen-bond acceptors (Lipinski definition) is 3. The third-order valence-corrected chi connectivity index (χ3v) is 2.99. The third-order valence-electron chi connectivity index (χ3n) is 2.75. The summed E-state index contributed by atoms with van der Waals surface area (Å²) in [5.41, 5.74) is 0.0658. The molecule has 0 atom stereocenters. The van der Waals surface area contributed by atoms with Crippen LogP contribution in [0.15, 0.2) is 36.5 Å². The molecule has 0 spiro atoms. The summed E-state index contributed by atoms with van der Waals surface area (Å²) < 4.78 is 13.7. The smallest absolute Gasteiger partial charge is 0.405 e. The van der Waals surface area contributed by atoms with Gasteiger partial charge in [-0.1, -0.05) is 23.4 Å². The number of pyridine rings is 1. The Hall–Kier alpha value is -2.91. The van der Waals surface area contributed by atoms with Crippen LogP contribution in [0.4, 0.5) is 9.18 Å². The van der Waals surface area contributed by atoms with Crippen molar-refractivity contribution in [1.29, 1.82) is 0 Å². The van der Waals surface area contributed by atoms with Gasteiger partial charge >= 0.3 is 6.09 Å². The molecule has 1 aromatic heterocycles. The molecule has 0 radical (unpaired) electrons. The fraction of sp³-hybridized carbons (Fsp3) is 0.0625. The van der Waals surface area contributed by atoms with Gasteiger partial charge in [-0.2, -0.15) is 0 Å². The van der Waals surface area contributed by atoms with Crippen LogP contribution in [0, 0.1) is 17.7 Å². The Morgan fingerprint density at radius 2 is 2.13 bits per heavy atom. The summed E-state index contributed by atoms with van der Waals surface area (Å²) in [6.07, 6.45) is 0.102. The van der Waals surface area contributed by atoms with Gasteiger partial charge in [0.15, 0.2) is 5.82 Å². The molecular weight excluding hydrogens is 323 g/mol. The molecule has 0 bridgehead atoms. The second-order valence-corrected chi connectivity index (χ2v) is 4.75. The van der Waals surface area contributed by atoms with Gasteiger partial charge in [-0.25, -0.2) is 14.2 Å². The third kappa shape index (κ3) is 4.28. The van der Waals surface area contributed by atoms with Gasteiger partial charge in [-0.3, -0.25) is 4.79 Å². The number of carboxylic acid groups (broad SMARTS) is 1. The fourth-order valence-corrected chi connectivity index (χ4v) is 1.92. The van der Waals surface area contributed by atoms with E-state index in [2.05, 4.69) is 22.1 Å². The Balaban J connectivity index is 2.38. The largest absolute Gasteiger partial charge is 0.465 e. The Morgan fingerprint density at radius 3 is 2.83 bits per heavy atom. The van der Waals surface area contributed by atoms with Crippen molar-refractivity contribution >= 4 is 23.5 Å². The Bertz CT molecular complexity index is 828. The summed E-state index contributed by atoms with van der Waals surface area (Å²) in [7, 11) is 0. The van der Waals surface area contributed by atoms with Crippen molar-refractivity contribution in [2.24, 2.45) is 0 Å². The van der Waals surface area contributed by atoms with E-state index >= 15 is 0 Å². The van der Waals surface area contributed by atoms with Gasteiger partial charge in [0.05, 0.1) is 6.54 Å². The summed E-state index contributed by atoms with van der Waals surface area (Å²) >= 11 is 5.89. The Labute approximate surface area is 136 Å². The Kier molecular flexibility index (Phi) is 5.28. The summed E-state index contributed by atoms with van der Waals surface area (Å²) in [6.45, 7) is -0.108. The first-order valence-electron chi connectivity index (χ1n) is 6.39. The van der Waals surface area contributed by atoms with Crippen molar-refractivity contribution in [3.05, 3.63) is 64.2 Å². The number of hydrogen-bond donors (Lipinski definition) is 2. The standard InChI is InChI=1S/C16H10ClFN2O3/c17-11-6-5-10(3-1-8-20-16(22)23)12(9-11)15(21)14-13(18)4-2-7-19-14/h2,4-7,9,20H,8H2,(H,22,23). The van der Waals surface area contributed by atoms with Gasteiger partial charge in [-0.05, 0) is 30.3 Å². The molecule has 1 heterocycles.